The van der Waals surface area contributed by atoms with Crippen molar-refractivity contribution in [2.75, 3.05) is 18.4 Å². The number of rotatable bonds is 7. The summed E-state index contributed by atoms with van der Waals surface area (Å²) in [7, 11) is -3.93. The molecule has 4 rings (SSSR count). The lowest BCUT2D eigenvalue weighted by Crippen LogP contribution is -2.54. The highest BCUT2D eigenvalue weighted by Crippen LogP contribution is 2.23. The molecule has 0 radical (unpaired) electrons. The van der Waals surface area contributed by atoms with Crippen LogP contribution in [-0.2, 0) is 19.6 Å². The van der Waals surface area contributed by atoms with E-state index < -0.39 is 16.1 Å². The molecule has 8 heteroatoms. The molecule has 0 bridgehead atoms. The Balaban J connectivity index is 1.47. The summed E-state index contributed by atoms with van der Waals surface area (Å²) in [6, 6.07) is 20.7. The summed E-state index contributed by atoms with van der Waals surface area (Å²) in [5.41, 5.74) is 0.712. The summed E-state index contributed by atoms with van der Waals surface area (Å²) in [4.78, 5) is 28.0. The van der Waals surface area contributed by atoms with Crippen LogP contribution >= 0.6 is 0 Å². The van der Waals surface area contributed by atoms with E-state index in [1.54, 1.807) is 23.1 Å². The van der Waals surface area contributed by atoms with Gasteiger partial charge in [0.15, 0.2) is 0 Å². The summed E-state index contributed by atoms with van der Waals surface area (Å²) in [6.45, 7) is 4.39. The van der Waals surface area contributed by atoms with Crippen molar-refractivity contribution in [2.45, 2.75) is 37.6 Å². The molecule has 3 aromatic carbocycles. The van der Waals surface area contributed by atoms with Gasteiger partial charge >= 0.3 is 0 Å². The molecule has 1 aliphatic heterocycles. The number of likely N-dealkylation sites (tertiary alicyclic amines) is 1. The Morgan fingerprint density at radius 1 is 0.943 bits per heavy atom. The number of nitrogens with one attached hydrogen (secondary N) is 2. The van der Waals surface area contributed by atoms with Crippen molar-refractivity contribution >= 4 is 38.3 Å². The maximum atomic E-state index is 13.5. The van der Waals surface area contributed by atoms with E-state index in [-0.39, 0.29) is 35.1 Å². The van der Waals surface area contributed by atoms with Crippen LogP contribution in [0.3, 0.4) is 0 Å². The Kier molecular flexibility index (Phi) is 7.52. The fourth-order valence-corrected chi connectivity index (χ4v) is 5.77. The second-order valence-corrected chi connectivity index (χ2v) is 11.0. The Bertz CT molecular complexity index is 1310. The fourth-order valence-electron chi connectivity index (χ4n) is 4.40. The van der Waals surface area contributed by atoms with Crippen LogP contribution in [0.1, 0.15) is 26.7 Å². The van der Waals surface area contributed by atoms with Gasteiger partial charge in [-0.15, -0.1) is 0 Å². The third-order valence-corrected chi connectivity index (χ3v) is 7.83. The molecule has 0 unspecified atom stereocenters. The van der Waals surface area contributed by atoms with E-state index in [1.807, 2.05) is 68.4 Å². The summed E-state index contributed by atoms with van der Waals surface area (Å²) < 4.78 is 29.1. The van der Waals surface area contributed by atoms with Crippen molar-refractivity contribution in [3.05, 3.63) is 72.8 Å². The zero-order valence-electron chi connectivity index (χ0n) is 20.0. The summed E-state index contributed by atoms with van der Waals surface area (Å²) in [5, 5.41) is 4.66. The lowest BCUT2D eigenvalue weighted by atomic mass is 9.95. The molecule has 2 atom stereocenters. The lowest BCUT2D eigenvalue weighted by Gasteiger charge is -2.35. The highest BCUT2D eigenvalue weighted by Gasteiger charge is 2.35. The fraction of sp³-hybridized carbons (Fsp3) is 0.333. The zero-order chi connectivity index (χ0) is 25.0. The molecule has 1 fully saturated rings. The van der Waals surface area contributed by atoms with Gasteiger partial charge in [-0.1, -0.05) is 62.4 Å². The molecule has 1 heterocycles. The quantitative estimate of drug-likeness (QED) is 0.520. The zero-order valence-corrected chi connectivity index (χ0v) is 20.8. The van der Waals surface area contributed by atoms with E-state index in [1.165, 1.54) is 0 Å². The maximum absolute atomic E-state index is 13.5. The highest BCUT2D eigenvalue weighted by atomic mass is 32.2. The van der Waals surface area contributed by atoms with E-state index in [0.29, 0.717) is 25.1 Å². The number of para-hydroxylation sites is 1. The molecule has 1 aliphatic rings. The number of piperidine rings is 1. The van der Waals surface area contributed by atoms with Crippen molar-refractivity contribution in [1.82, 2.24) is 9.62 Å². The number of carbonyl (C=O) groups excluding carboxylic acids is 2. The van der Waals surface area contributed by atoms with Gasteiger partial charge in [0.2, 0.25) is 21.8 Å². The van der Waals surface area contributed by atoms with Crippen LogP contribution in [0.2, 0.25) is 0 Å². The first-order chi connectivity index (χ1) is 16.7. The van der Waals surface area contributed by atoms with Gasteiger partial charge in [0.05, 0.1) is 10.8 Å². The van der Waals surface area contributed by atoms with E-state index in [0.717, 1.165) is 10.8 Å². The number of hydrogen-bond donors (Lipinski definition) is 2. The number of sulfonamides is 1. The van der Waals surface area contributed by atoms with Crippen molar-refractivity contribution in [1.29, 1.82) is 0 Å². The summed E-state index contributed by atoms with van der Waals surface area (Å²) in [6.07, 6.45) is 1.36. The monoisotopic (exact) mass is 493 g/mol. The normalized spacial score (nSPS) is 17.3. The van der Waals surface area contributed by atoms with Gasteiger partial charge < -0.3 is 10.2 Å². The molecule has 1 saturated heterocycles. The Morgan fingerprint density at radius 3 is 2.34 bits per heavy atom. The average molecular weight is 494 g/mol. The first kappa shape index (κ1) is 24.9. The lowest BCUT2D eigenvalue weighted by molar-refractivity contribution is -0.137. The van der Waals surface area contributed by atoms with Crippen molar-refractivity contribution in [3.63, 3.8) is 0 Å². The van der Waals surface area contributed by atoms with E-state index in [9.17, 15) is 18.0 Å². The topological polar surface area (TPSA) is 95.6 Å². The summed E-state index contributed by atoms with van der Waals surface area (Å²) >= 11 is 0. The number of carbonyl (C=O) groups is 2. The molecule has 2 amide bonds. The van der Waals surface area contributed by atoms with E-state index in [4.69, 9.17) is 0 Å². The third-order valence-electron chi connectivity index (χ3n) is 6.39. The van der Waals surface area contributed by atoms with Gasteiger partial charge in [0.25, 0.3) is 0 Å². The molecular weight excluding hydrogens is 462 g/mol. The maximum Gasteiger partial charge on any atom is 0.241 e. The van der Waals surface area contributed by atoms with Crippen LogP contribution in [0.15, 0.2) is 77.7 Å². The van der Waals surface area contributed by atoms with E-state index in [2.05, 4.69) is 10.0 Å². The Morgan fingerprint density at radius 2 is 1.63 bits per heavy atom. The van der Waals surface area contributed by atoms with Gasteiger partial charge in [-0.25, -0.2) is 8.42 Å². The average Bonchev–Trinajstić information content (AvgIpc) is 2.87. The standard InChI is InChI=1S/C27H31N3O4S/c1-19(2)25(29-35(33,34)24-15-14-20-9-6-7-10-21(20)17-24)27(32)30-16-8-11-22(18-30)26(31)28-23-12-4-3-5-13-23/h3-7,9-10,12-15,17,19,22,25,29H,8,11,16,18H2,1-2H3,(H,28,31)/t22-,25+/m1/s1. The smallest absolute Gasteiger partial charge is 0.241 e. The van der Waals surface area contributed by atoms with Gasteiger partial charge in [-0.2, -0.15) is 4.72 Å². The van der Waals surface area contributed by atoms with Gasteiger partial charge in [-0.05, 0) is 53.8 Å². The van der Waals surface area contributed by atoms with Gasteiger partial charge in [-0.3, -0.25) is 9.59 Å². The number of amides is 2. The van der Waals surface area contributed by atoms with Crippen molar-refractivity contribution < 1.29 is 18.0 Å². The molecule has 7 nitrogen and oxygen atoms in total. The highest BCUT2D eigenvalue weighted by molar-refractivity contribution is 7.89. The van der Waals surface area contributed by atoms with Crippen LogP contribution in [0, 0.1) is 11.8 Å². The molecule has 2 N–H and O–H groups in total. The molecule has 35 heavy (non-hydrogen) atoms. The second-order valence-electron chi connectivity index (χ2n) is 9.33. The first-order valence-electron chi connectivity index (χ1n) is 11.9. The third kappa shape index (κ3) is 5.89. The van der Waals surface area contributed by atoms with Crippen LogP contribution < -0.4 is 10.0 Å². The van der Waals surface area contributed by atoms with Crippen LogP contribution in [0.25, 0.3) is 10.8 Å². The minimum absolute atomic E-state index is 0.119. The van der Waals surface area contributed by atoms with Gasteiger partial charge in [0, 0.05) is 18.8 Å². The van der Waals surface area contributed by atoms with Crippen LogP contribution in [0.4, 0.5) is 5.69 Å². The van der Waals surface area contributed by atoms with Crippen molar-refractivity contribution in [2.24, 2.45) is 11.8 Å². The largest absolute Gasteiger partial charge is 0.341 e. The minimum Gasteiger partial charge on any atom is -0.341 e. The molecule has 184 valence electrons. The number of hydrogen-bond acceptors (Lipinski definition) is 4. The van der Waals surface area contributed by atoms with Crippen molar-refractivity contribution in [3.8, 4) is 0 Å². The second kappa shape index (κ2) is 10.6. The molecular formula is C27H31N3O4S. The molecule has 0 saturated carbocycles. The molecule has 0 aliphatic carbocycles. The van der Waals surface area contributed by atoms with Crippen LogP contribution in [-0.4, -0.2) is 44.3 Å². The Hall–Kier alpha value is -3.23. The number of fused-ring (bicyclic) bond motifs is 1. The first-order valence-corrected chi connectivity index (χ1v) is 13.4. The summed E-state index contributed by atoms with van der Waals surface area (Å²) in [5.74, 6) is -1.05. The molecule has 0 aromatic heterocycles. The number of nitrogens with zero attached hydrogens (tertiary/aromatic N) is 1. The number of anilines is 1. The van der Waals surface area contributed by atoms with Gasteiger partial charge in [0.1, 0.15) is 6.04 Å². The van der Waals surface area contributed by atoms with Crippen LogP contribution in [0.5, 0.6) is 0 Å². The Labute approximate surface area is 206 Å². The minimum atomic E-state index is -3.93. The molecule has 0 spiro atoms. The molecule has 3 aromatic rings. The predicted molar refractivity (Wildman–Crippen MR) is 137 cm³/mol. The predicted octanol–water partition coefficient (Wildman–Crippen LogP) is 4.02. The number of benzene rings is 3. The SMILES string of the molecule is CC(C)[C@H](NS(=O)(=O)c1ccc2ccccc2c1)C(=O)N1CCC[C@@H](C(=O)Nc2ccccc2)C1. The van der Waals surface area contributed by atoms with E-state index >= 15 is 0 Å².